The number of nitrogens with one attached hydrogen (secondary N) is 2. The third-order valence-corrected chi connectivity index (χ3v) is 6.73. The van der Waals surface area contributed by atoms with Crippen LogP contribution < -0.4 is 9.46 Å². The molecule has 2 heterocycles. The molecule has 4 rings (SSSR count). The molecule has 30 heavy (non-hydrogen) atoms. The first-order valence-electron chi connectivity index (χ1n) is 10.1. The molecule has 8 heteroatoms. The maximum atomic E-state index is 6.27. The van der Waals surface area contributed by atoms with Gasteiger partial charge in [0.25, 0.3) is 0 Å². The number of benzene rings is 2. The van der Waals surface area contributed by atoms with Crippen LogP contribution in [0.25, 0.3) is 10.9 Å². The highest BCUT2D eigenvalue weighted by Crippen LogP contribution is 2.36. The number of aromatic nitrogens is 1. The molecule has 2 aromatic carbocycles. The van der Waals surface area contributed by atoms with E-state index in [1.54, 1.807) is 6.20 Å². The van der Waals surface area contributed by atoms with Crippen LogP contribution >= 0.6 is 35.1 Å². The Balaban J connectivity index is 1.28. The molecule has 0 radical (unpaired) electrons. The highest BCUT2D eigenvalue weighted by Gasteiger charge is 2.13. The molecule has 3 aromatic rings. The normalized spacial score (nSPS) is 15.6. The van der Waals surface area contributed by atoms with Gasteiger partial charge in [-0.15, -0.1) is 0 Å². The van der Waals surface area contributed by atoms with E-state index in [1.165, 1.54) is 11.9 Å². The molecule has 160 valence electrons. The smallest absolute Gasteiger partial charge is 0.120 e. The number of fused-ring (bicyclic) bond motifs is 1. The van der Waals surface area contributed by atoms with E-state index >= 15 is 0 Å². The Morgan fingerprint density at radius 2 is 1.93 bits per heavy atom. The number of likely N-dealkylation sites (N-methyl/N-ethyl adjacent to an activating group) is 1. The van der Waals surface area contributed by atoms with Gasteiger partial charge in [-0.25, -0.2) is 0 Å². The molecule has 1 saturated heterocycles. The predicted octanol–water partition coefficient (Wildman–Crippen LogP) is 5.61. The number of anilines is 1. The first-order valence-corrected chi connectivity index (χ1v) is 11.7. The summed E-state index contributed by atoms with van der Waals surface area (Å²) < 4.78 is 9.37. The second-order valence-corrected chi connectivity index (χ2v) is 9.20. The van der Waals surface area contributed by atoms with E-state index in [0.29, 0.717) is 10.0 Å². The average molecular weight is 465 g/mol. The summed E-state index contributed by atoms with van der Waals surface area (Å²) in [6.45, 7) is 6.43. The number of hydrogen-bond donors (Lipinski definition) is 2. The predicted molar refractivity (Wildman–Crippen MR) is 128 cm³/mol. The zero-order valence-electron chi connectivity index (χ0n) is 17.0. The molecule has 2 N–H and O–H groups in total. The van der Waals surface area contributed by atoms with Crippen molar-refractivity contribution in [3.8, 4) is 5.75 Å². The molecular weight excluding hydrogens is 439 g/mol. The summed E-state index contributed by atoms with van der Waals surface area (Å²) in [5, 5.41) is 2.09. The Morgan fingerprint density at radius 1 is 1.10 bits per heavy atom. The molecular formula is C22H26Cl2N4OS. The number of piperazine rings is 1. The Morgan fingerprint density at radius 3 is 2.77 bits per heavy atom. The second kappa shape index (κ2) is 10.2. The first kappa shape index (κ1) is 21.7. The van der Waals surface area contributed by atoms with Crippen LogP contribution in [0.5, 0.6) is 5.75 Å². The number of hydrogen-bond acceptors (Lipinski definition) is 5. The lowest BCUT2D eigenvalue weighted by molar-refractivity contribution is 0.145. The van der Waals surface area contributed by atoms with Gasteiger partial charge in [0.1, 0.15) is 5.75 Å². The number of rotatable bonds is 8. The molecule has 1 aliphatic rings. The molecule has 5 nitrogen and oxygen atoms in total. The minimum atomic E-state index is 0.621. The average Bonchev–Trinajstić information content (AvgIpc) is 3.15. The highest BCUT2D eigenvalue weighted by atomic mass is 35.5. The Labute approximate surface area is 191 Å². The fourth-order valence-electron chi connectivity index (χ4n) is 3.54. The fourth-order valence-corrected chi connectivity index (χ4v) is 4.82. The number of H-pyrrole nitrogens is 1. The summed E-state index contributed by atoms with van der Waals surface area (Å²) in [5.41, 5.74) is 1.83. The minimum Gasteiger partial charge on any atom is -0.494 e. The molecule has 1 fully saturated rings. The third kappa shape index (κ3) is 5.37. The topological polar surface area (TPSA) is 43.5 Å². The third-order valence-electron chi connectivity index (χ3n) is 5.30. The van der Waals surface area contributed by atoms with Crippen LogP contribution in [0.4, 0.5) is 5.69 Å². The van der Waals surface area contributed by atoms with Gasteiger partial charge in [-0.3, -0.25) is 0 Å². The van der Waals surface area contributed by atoms with Crippen molar-refractivity contribution in [3.05, 3.63) is 52.6 Å². The van der Waals surface area contributed by atoms with Crippen LogP contribution in [0, 0.1) is 0 Å². The van der Waals surface area contributed by atoms with Crippen molar-refractivity contribution in [2.75, 3.05) is 51.1 Å². The first-order chi connectivity index (χ1) is 14.6. The van der Waals surface area contributed by atoms with Crippen molar-refractivity contribution < 1.29 is 4.74 Å². The van der Waals surface area contributed by atoms with E-state index in [2.05, 4.69) is 38.7 Å². The largest absolute Gasteiger partial charge is 0.494 e. The standard InChI is InChI=1S/C22H26Cl2N4OS/c1-27-9-11-28(12-10-27)8-3-13-29-16-4-2-5-17(14-16)30-26-20-7-6-18(23)21-19(24)15-25-22(20)21/h2,4-7,14-15,25-26H,3,8-13H2,1H3. The van der Waals surface area contributed by atoms with E-state index in [0.717, 1.165) is 73.0 Å². The van der Waals surface area contributed by atoms with Gasteiger partial charge >= 0.3 is 0 Å². The van der Waals surface area contributed by atoms with E-state index in [1.807, 2.05) is 24.3 Å². The summed E-state index contributed by atoms with van der Waals surface area (Å²) in [7, 11) is 2.18. The number of aromatic amines is 1. The molecule has 0 amide bonds. The van der Waals surface area contributed by atoms with Crippen LogP contribution in [0.2, 0.25) is 10.0 Å². The fraction of sp³-hybridized carbons (Fsp3) is 0.364. The molecule has 1 aliphatic heterocycles. The summed E-state index contributed by atoms with van der Waals surface area (Å²) in [6, 6.07) is 11.9. The number of ether oxygens (including phenoxy) is 1. The van der Waals surface area contributed by atoms with Gasteiger partial charge in [-0.05, 0) is 55.7 Å². The Bertz CT molecular complexity index is 988. The van der Waals surface area contributed by atoms with Crippen molar-refractivity contribution in [1.82, 2.24) is 14.8 Å². The lowest BCUT2D eigenvalue weighted by Gasteiger charge is -2.32. The lowest BCUT2D eigenvalue weighted by atomic mass is 10.2. The van der Waals surface area contributed by atoms with Crippen LogP contribution in [-0.2, 0) is 0 Å². The summed E-state index contributed by atoms with van der Waals surface area (Å²) in [4.78, 5) is 9.15. The monoisotopic (exact) mass is 464 g/mol. The minimum absolute atomic E-state index is 0.621. The number of halogens is 2. The maximum absolute atomic E-state index is 6.27. The van der Waals surface area contributed by atoms with Gasteiger partial charge in [0.2, 0.25) is 0 Å². The lowest BCUT2D eigenvalue weighted by Crippen LogP contribution is -2.44. The van der Waals surface area contributed by atoms with Gasteiger partial charge < -0.3 is 24.2 Å². The second-order valence-electron chi connectivity index (χ2n) is 7.51. The van der Waals surface area contributed by atoms with E-state index < -0.39 is 0 Å². The van der Waals surface area contributed by atoms with Crippen molar-refractivity contribution >= 4 is 51.7 Å². The van der Waals surface area contributed by atoms with Gasteiger partial charge in [0.05, 0.1) is 27.9 Å². The summed E-state index contributed by atoms with van der Waals surface area (Å²) in [6.07, 6.45) is 2.79. The molecule has 0 aliphatic carbocycles. The summed E-state index contributed by atoms with van der Waals surface area (Å²) >= 11 is 14.0. The van der Waals surface area contributed by atoms with Crippen molar-refractivity contribution in [1.29, 1.82) is 0 Å². The van der Waals surface area contributed by atoms with Gasteiger partial charge in [-0.1, -0.05) is 29.3 Å². The van der Waals surface area contributed by atoms with Crippen molar-refractivity contribution in [3.63, 3.8) is 0 Å². The highest BCUT2D eigenvalue weighted by molar-refractivity contribution is 8.00. The maximum Gasteiger partial charge on any atom is 0.120 e. The molecule has 0 spiro atoms. The van der Waals surface area contributed by atoms with E-state index in [4.69, 9.17) is 27.9 Å². The van der Waals surface area contributed by atoms with Gasteiger partial charge in [0, 0.05) is 49.2 Å². The SMILES string of the molecule is CN1CCN(CCCOc2cccc(SNc3ccc(Cl)c4c(Cl)c[nH]c34)c2)CC1. The Kier molecular flexibility index (Phi) is 7.33. The summed E-state index contributed by atoms with van der Waals surface area (Å²) in [5.74, 6) is 0.893. The van der Waals surface area contributed by atoms with Gasteiger partial charge in [0.15, 0.2) is 0 Å². The molecule has 0 atom stereocenters. The van der Waals surface area contributed by atoms with Gasteiger partial charge in [-0.2, -0.15) is 0 Å². The van der Waals surface area contributed by atoms with E-state index in [-0.39, 0.29) is 0 Å². The molecule has 0 bridgehead atoms. The van der Waals surface area contributed by atoms with Crippen molar-refractivity contribution in [2.45, 2.75) is 11.3 Å². The van der Waals surface area contributed by atoms with Crippen molar-refractivity contribution in [2.24, 2.45) is 0 Å². The van der Waals surface area contributed by atoms with Crippen LogP contribution in [-0.4, -0.2) is 61.2 Å². The molecule has 0 unspecified atom stereocenters. The zero-order chi connectivity index (χ0) is 20.9. The Hall–Kier alpha value is -1.57. The molecule has 0 saturated carbocycles. The van der Waals surface area contributed by atoms with Crippen LogP contribution in [0.3, 0.4) is 0 Å². The van der Waals surface area contributed by atoms with Crippen LogP contribution in [0.1, 0.15) is 6.42 Å². The zero-order valence-corrected chi connectivity index (χ0v) is 19.3. The number of nitrogens with zero attached hydrogens (tertiary/aromatic N) is 2. The quantitative estimate of drug-likeness (QED) is 0.335. The molecule has 1 aromatic heterocycles. The van der Waals surface area contributed by atoms with E-state index in [9.17, 15) is 0 Å². The van der Waals surface area contributed by atoms with Crippen LogP contribution in [0.15, 0.2) is 47.5 Å².